The van der Waals surface area contributed by atoms with E-state index < -0.39 is 0 Å². The van der Waals surface area contributed by atoms with Crippen molar-refractivity contribution in [1.29, 1.82) is 0 Å². The van der Waals surface area contributed by atoms with E-state index in [0.29, 0.717) is 0 Å². The van der Waals surface area contributed by atoms with Crippen molar-refractivity contribution in [3.8, 4) is 11.4 Å². The van der Waals surface area contributed by atoms with E-state index in [-0.39, 0.29) is 5.75 Å². The van der Waals surface area contributed by atoms with Gasteiger partial charge in [-0.05, 0) is 18.6 Å². The zero-order valence-corrected chi connectivity index (χ0v) is 7.18. The molecular formula is C9H9N3O. The molecule has 0 aliphatic heterocycles. The lowest BCUT2D eigenvalue weighted by molar-refractivity contribution is 0.475. The van der Waals surface area contributed by atoms with Crippen LogP contribution in [0.4, 0.5) is 0 Å². The van der Waals surface area contributed by atoms with Crippen molar-refractivity contribution in [3.63, 3.8) is 0 Å². The average Bonchev–Trinajstić information content (AvgIpc) is 2.61. The molecule has 2 aromatic rings. The van der Waals surface area contributed by atoms with Crippen LogP contribution in [0.3, 0.4) is 0 Å². The van der Waals surface area contributed by atoms with Gasteiger partial charge in [-0.15, -0.1) is 10.2 Å². The highest BCUT2D eigenvalue weighted by atomic mass is 16.3. The number of rotatable bonds is 1. The average molecular weight is 175 g/mol. The molecular weight excluding hydrogens is 166 g/mol. The lowest BCUT2D eigenvalue weighted by Gasteiger charge is -2.05. The molecule has 0 amide bonds. The summed E-state index contributed by atoms with van der Waals surface area (Å²) in [5, 5.41) is 16.7. The third-order valence-corrected chi connectivity index (χ3v) is 1.89. The zero-order valence-electron chi connectivity index (χ0n) is 7.18. The van der Waals surface area contributed by atoms with E-state index in [1.807, 2.05) is 13.0 Å². The number of aromatic hydroxyl groups is 1. The lowest BCUT2D eigenvalue weighted by atomic mass is 10.2. The van der Waals surface area contributed by atoms with E-state index in [4.69, 9.17) is 0 Å². The first-order valence-corrected chi connectivity index (χ1v) is 3.92. The van der Waals surface area contributed by atoms with Gasteiger partial charge in [-0.2, -0.15) is 0 Å². The predicted molar refractivity (Wildman–Crippen MR) is 47.8 cm³/mol. The van der Waals surface area contributed by atoms with Gasteiger partial charge in [0.2, 0.25) is 0 Å². The SMILES string of the molecule is Cc1ccc(O)cc1-n1cnnc1. The normalized spacial score (nSPS) is 10.2. The van der Waals surface area contributed by atoms with Gasteiger partial charge in [-0.3, -0.25) is 4.57 Å². The number of aryl methyl sites for hydroxylation is 1. The molecule has 0 atom stereocenters. The Morgan fingerprint density at radius 3 is 2.62 bits per heavy atom. The summed E-state index contributed by atoms with van der Waals surface area (Å²) >= 11 is 0. The standard InChI is InChI=1S/C9H9N3O/c1-7-2-3-8(13)4-9(7)12-5-10-11-6-12/h2-6,13H,1H3. The molecule has 0 aliphatic rings. The quantitative estimate of drug-likeness (QED) is 0.710. The van der Waals surface area contributed by atoms with Crippen molar-refractivity contribution >= 4 is 0 Å². The fraction of sp³-hybridized carbons (Fsp3) is 0.111. The summed E-state index contributed by atoms with van der Waals surface area (Å²) in [6.45, 7) is 1.97. The minimum atomic E-state index is 0.245. The second kappa shape index (κ2) is 2.90. The largest absolute Gasteiger partial charge is 0.508 e. The van der Waals surface area contributed by atoms with Crippen molar-refractivity contribution in [2.24, 2.45) is 0 Å². The minimum absolute atomic E-state index is 0.245. The first-order chi connectivity index (χ1) is 6.27. The molecule has 13 heavy (non-hydrogen) atoms. The summed E-state index contributed by atoms with van der Waals surface area (Å²) in [6, 6.07) is 5.19. The molecule has 0 radical (unpaired) electrons. The van der Waals surface area contributed by atoms with Crippen LogP contribution in [0.2, 0.25) is 0 Å². The molecule has 0 saturated heterocycles. The van der Waals surface area contributed by atoms with Crippen LogP contribution in [-0.4, -0.2) is 19.9 Å². The van der Waals surface area contributed by atoms with Gasteiger partial charge in [0.15, 0.2) is 0 Å². The number of hydrogen-bond acceptors (Lipinski definition) is 3. The minimum Gasteiger partial charge on any atom is -0.508 e. The summed E-state index contributed by atoms with van der Waals surface area (Å²) in [7, 11) is 0. The van der Waals surface area contributed by atoms with Gasteiger partial charge in [0.25, 0.3) is 0 Å². The Hall–Kier alpha value is -1.84. The lowest BCUT2D eigenvalue weighted by Crippen LogP contribution is -1.92. The van der Waals surface area contributed by atoms with Crippen LogP contribution in [0.25, 0.3) is 5.69 Å². The topological polar surface area (TPSA) is 50.9 Å². The van der Waals surface area contributed by atoms with E-state index >= 15 is 0 Å². The van der Waals surface area contributed by atoms with Gasteiger partial charge in [0.1, 0.15) is 18.4 Å². The summed E-state index contributed by atoms with van der Waals surface area (Å²) < 4.78 is 1.76. The van der Waals surface area contributed by atoms with Crippen LogP contribution in [0.1, 0.15) is 5.56 Å². The highest BCUT2D eigenvalue weighted by Crippen LogP contribution is 2.18. The fourth-order valence-electron chi connectivity index (χ4n) is 1.20. The molecule has 0 saturated carbocycles. The van der Waals surface area contributed by atoms with Crippen LogP contribution in [0.5, 0.6) is 5.75 Å². The molecule has 1 heterocycles. The fourth-order valence-corrected chi connectivity index (χ4v) is 1.20. The molecule has 4 nitrogen and oxygen atoms in total. The van der Waals surface area contributed by atoms with Crippen molar-refractivity contribution in [2.45, 2.75) is 6.92 Å². The molecule has 0 aliphatic carbocycles. The molecule has 0 bridgehead atoms. The van der Waals surface area contributed by atoms with E-state index in [0.717, 1.165) is 11.3 Å². The number of nitrogens with zero attached hydrogens (tertiary/aromatic N) is 3. The molecule has 2 rings (SSSR count). The van der Waals surface area contributed by atoms with Crippen LogP contribution in [-0.2, 0) is 0 Å². The van der Waals surface area contributed by atoms with Gasteiger partial charge in [0.05, 0.1) is 5.69 Å². The molecule has 0 unspecified atom stereocenters. The Bertz CT molecular complexity index is 409. The second-order valence-electron chi connectivity index (χ2n) is 2.84. The van der Waals surface area contributed by atoms with E-state index in [9.17, 15) is 5.11 Å². The first-order valence-electron chi connectivity index (χ1n) is 3.92. The smallest absolute Gasteiger partial charge is 0.123 e. The highest BCUT2D eigenvalue weighted by Gasteiger charge is 2.01. The predicted octanol–water partition coefficient (Wildman–Crippen LogP) is 1.28. The van der Waals surface area contributed by atoms with Crippen molar-refractivity contribution < 1.29 is 5.11 Å². The molecule has 4 heteroatoms. The van der Waals surface area contributed by atoms with Gasteiger partial charge in [0, 0.05) is 6.07 Å². The summed E-state index contributed by atoms with van der Waals surface area (Å²) in [5.74, 6) is 0.245. The Balaban J connectivity index is 2.57. The number of phenols is 1. The first kappa shape index (κ1) is 7.79. The number of aromatic nitrogens is 3. The zero-order chi connectivity index (χ0) is 9.26. The Labute approximate surface area is 75.5 Å². The van der Waals surface area contributed by atoms with Crippen LogP contribution >= 0.6 is 0 Å². The number of hydrogen-bond donors (Lipinski definition) is 1. The van der Waals surface area contributed by atoms with E-state index in [1.165, 1.54) is 0 Å². The van der Waals surface area contributed by atoms with Crippen LogP contribution < -0.4 is 0 Å². The summed E-state index contributed by atoms with van der Waals surface area (Å²) in [5.41, 5.74) is 1.96. The summed E-state index contributed by atoms with van der Waals surface area (Å²) in [6.07, 6.45) is 3.20. The van der Waals surface area contributed by atoms with Gasteiger partial charge >= 0.3 is 0 Å². The Kier molecular flexibility index (Phi) is 1.73. The molecule has 0 spiro atoms. The number of benzene rings is 1. The van der Waals surface area contributed by atoms with Crippen molar-refractivity contribution in [3.05, 3.63) is 36.4 Å². The molecule has 66 valence electrons. The maximum absolute atomic E-state index is 9.28. The molecule has 1 aromatic heterocycles. The van der Waals surface area contributed by atoms with Gasteiger partial charge in [-0.25, -0.2) is 0 Å². The highest BCUT2D eigenvalue weighted by molar-refractivity contribution is 5.44. The molecule has 1 aromatic carbocycles. The maximum Gasteiger partial charge on any atom is 0.123 e. The Morgan fingerprint density at radius 2 is 1.92 bits per heavy atom. The molecule has 1 N–H and O–H groups in total. The summed E-state index contributed by atoms with van der Waals surface area (Å²) in [4.78, 5) is 0. The third-order valence-electron chi connectivity index (χ3n) is 1.89. The Morgan fingerprint density at radius 1 is 1.23 bits per heavy atom. The van der Waals surface area contributed by atoms with E-state index in [1.54, 1.807) is 29.4 Å². The third kappa shape index (κ3) is 1.38. The van der Waals surface area contributed by atoms with Crippen molar-refractivity contribution in [2.75, 3.05) is 0 Å². The second-order valence-corrected chi connectivity index (χ2v) is 2.84. The van der Waals surface area contributed by atoms with E-state index in [2.05, 4.69) is 10.2 Å². The monoisotopic (exact) mass is 175 g/mol. The van der Waals surface area contributed by atoms with Crippen molar-refractivity contribution in [1.82, 2.24) is 14.8 Å². The van der Waals surface area contributed by atoms with Gasteiger partial charge < -0.3 is 5.11 Å². The molecule has 0 fully saturated rings. The van der Waals surface area contributed by atoms with Crippen LogP contribution in [0, 0.1) is 6.92 Å². The van der Waals surface area contributed by atoms with Gasteiger partial charge in [-0.1, -0.05) is 6.07 Å². The maximum atomic E-state index is 9.28. The number of phenolic OH excluding ortho intramolecular Hbond substituents is 1. The van der Waals surface area contributed by atoms with Crippen LogP contribution in [0.15, 0.2) is 30.9 Å².